The van der Waals surface area contributed by atoms with Crippen LogP contribution >= 0.6 is 11.3 Å². The molecule has 1 rings (SSSR count). The number of rotatable bonds is 12. The van der Waals surface area contributed by atoms with Gasteiger partial charge < -0.3 is 5.32 Å². The lowest BCUT2D eigenvalue weighted by molar-refractivity contribution is 0.480. The summed E-state index contributed by atoms with van der Waals surface area (Å²) in [5.74, 6) is 0. The van der Waals surface area contributed by atoms with E-state index in [1.165, 1.54) is 62.7 Å². The number of thiophene rings is 1. The predicted molar refractivity (Wildman–Crippen MR) is 88.0 cm³/mol. The number of nitrogens with one attached hydrogen (secondary N) is 1. The lowest BCUT2D eigenvalue weighted by Gasteiger charge is -2.16. The Hall–Kier alpha value is -0.340. The van der Waals surface area contributed by atoms with Gasteiger partial charge in [0.1, 0.15) is 0 Å². The fourth-order valence-corrected chi connectivity index (χ4v) is 3.40. The number of unbranched alkanes of at least 4 members (excludes halogenated alkanes) is 7. The van der Waals surface area contributed by atoms with Crippen molar-refractivity contribution in [2.75, 3.05) is 6.54 Å². The van der Waals surface area contributed by atoms with Gasteiger partial charge in [0.15, 0.2) is 0 Å². The Morgan fingerprint density at radius 2 is 1.68 bits per heavy atom. The van der Waals surface area contributed by atoms with Gasteiger partial charge in [-0.2, -0.15) is 0 Å². The molecule has 0 saturated heterocycles. The summed E-state index contributed by atoms with van der Waals surface area (Å²) in [6.07, 6.45) is 12.6. The lowest BCUT2D eigenvalue weighted by Crippen LogP contribution is -2.19. The smallest absolute Gasteiger partial charge is 0.0414 e. The minimum absolute atomic E-state index is 0.588. The van der Waals surface area contributed by atoms with Gasteiger partial charge in [-0.3, -0.25) is 0 Å². The second-order valence-electron chi connectivity index (χ2n) is 5.39. The Morgan fingerprint density at radius 1 is 1.00 bits per heavy atom. The highest BCUT2D eigenvalue weighted by Gasteiger charge is 2.10. The zero-order chi connectivity index (χ0) is 13.8. The summed E-state index contributed by atoms with van der Waals surface area (Å²) in [6, 6.07) is 5.02. The van der Waals surface area contributed by atoms with Gasteiger partial charge in [-0.15, -0.1) is 11.3 Å². The van der Waals surface area contributed by atoms with Crippen molar-refractivity contribution in [1.82, 2.24) is 5.32 Å². The largest absolute Gasteiger partial charge is 0.310 e. The van der Waals surface area contributed by atoms with E-state index in [1.807, 2.05) is 11.3 Å². The maximum atomic E-state index is 3.61. The standard InChI is InChI=1S/C17H31NS/c1-3-5-6-7-8-9-10-11-13-16(18-4-2)17-14-12-15-19-17/h12,14-16,18H,3-11,13H2,1-2H3. The SMILES string of the molecule is CCCCCCCCCCC(NCC)c1cccs1. The monoisotopic (exact) mass is 281 g/mol. The second-order valence-corrected chi connectivity index (χ2v) is 6.37. The van der Waals surface area contributed by atoms with Crippen LogP contribution in [-0.4, -0.2) is 6.54 Å². The predicted octanol–water partition coefficient (Wildman–Crippen LogP) is 5.93. The third-order valence-corrected chi connectivity index (χ3v) is 4.67. The van der Waals surface area contributed by atoms with Gasteiger partial charge in [-0.05, 0) is 24.4 Å². The first-order valence-electron chi connectivity index (χ1n) is 8.15. The highest BCUT2D eigenvalue weighted by molar-refractivity contribution is 7.10. The highest BCUT2D eigenvalue weighted by Crippen LogP contribution is 2.24. The molecular weight excluding hydrogens is 250 g/mol. The molecule has 0 amide bonds. The first-order valence-corrected chi connectivity index (χ1v) is 9.03. The van der Waals surface area contributed by atoms with E-state index >= 15 is 0 Å². The number of hydrogen-bond acceptors (Lipinski definition) is 2. The average molecular weight is 282 g/mol. The van der Waals surface area contributed by atoms with Crippen LogP contribution in [0.3, 0.4) is 0 Å². The summed E-state index contributed by atoms with van der Waals surface area (Å²) in [4.78, 5) is 1.50. The molecule has 110 valence electrons. The maximum Gasteiger partial charge on any atom is 0.0414 e. The summed E-state index contributed by atoms with van der Waals surface area (Å²) in [5, 5.41) is 5.80. The van der Waals surface area contributed by atoms with E-state index < -0.39 is 0 Å². The van der Waals surface area contributed by atoms with Crippen LogP contribution in [0, 0.1) is 0 Å². The first-order chi connectivity index (χ1) is 9.38. The van der Waals surface area contributed by atoms with Crippen molar-refractivity contribution in [2.45, 2.75) is 77.7 Å². The van der Waals surface area contributed by atoms with Gasteiger partial charge >= 0.3 is 0 Å². The molecule has 1 heterocycles. The van der Waals surface area contributed by atoms with Crippen molar-refractivity contribution in [1.29, 1.82) is 0 Å². The van der Waals surface area contributed by atoms with E-state index in [9.17, 15) is 0 Å². The fraction of sp³-hybridized carbons (Fsp3) is 0.765. The molecule has 1 unspecified atom stereocenters. The molecular formula is C17H31NS. The zero-order valence-electron chi connectivity index (χ0n) is 12.8. The van der Waals surface area contributed by atoms with Gasteiger partial charge in [0.2, 0.25) is 0 Å². The zero-order valence-corrected chi connectivity index (χ0v) is 13.6. The highest BCUT2D eigenvalue weighted by atomic mass is 32.1. The van der Waals surface area contributed by atoms with Crippen molar-refractivity contribution >= 4 is 11.3 Å². The second kappa shape index (κ2) is 11.5. The van der Waals surface area contributed by atoms with Crippen LogP contribution in [0.15, 0.2) is 17.5 Å². The molecule has 1 N–H and O–H groups in total. The van der Waals surface area contributed by atoms with Crippen LogP contribution in [0.25, 0.3) is 0 Å². The number of hydrogen-bond donors (Lipinski definition) is 1. The Bertz CT molecular complexity index is 281. The van der Waals surface area contributed by atoms with Gasteiger partial charge in [0, 0.05) is 10.9 Å². The third kappa shape index (κ3) is 7.74. The van der Waals surface area contributed by atoms with Gasteiger partial charge in [0.05, 0.1) is 0 Å². The van der Waals surface area contributed by atoms with Crippen molar-refractivity contribution in [3.8, 4) is 0 Å². The third-order valence-electron chi connectivity index (χ3n) is 3.68. The van der Waals surface area contributed by atoms with E-state index in [1.54, 1.807) is 0 Å². The van der Waals surface area contributed by atoms with Gasteiger partial charge in [0.25, 0.3) is 0 Å². The van der Waals surface area contributed by atoms with Crippen molar-refractivity contribution < 1.29 is 0 Å². The Balaban J connectivity index is 2.06. The molecule has 0 spiro atoms. The van der Waals surface area contributed by atoms with Crippen LogP contribution < -0.4 is 5.32 Å². The molecule has 1 aromatic rings. The van der Waals surface area contributed by atoms with Crippen LogP contribution in [0.4, 0.5) is 0 Å². The first kappa shape index (κ1) is 16.7. The van der Waals surface area contributed by atoms with E-state index in [2.05, 4.69) is 36.7 Å². The van der Waals surface area contributed by atoms with Crippen LogP contribution in [0.2, 0.25) is 0 Å². The average Bonchev–Trinajstić information content (AvgIpc) is 2.94. The summed E-state index contributed by atoms with van der Waals surface area (Å²) in [6.45, 7) is 5.55. The molecule has 19 heavy (non-hydrogen) atoms. The molecule has 0 radical (unpaired) electrons. The minimum atomic E-state index is 0.588. The minimum Gasteiger partial charge on any atom is -0.310 e. The quantitative estimate of drug-likeness (QED) is 0.468. The fourth-order valence-electron chi connectivity index (χ4n) is 2.56. The molecule has 1 aromatic heterocycles. The van der Waals surface area contributed by atoms with Crippen LogP contribution in [0.5, 0.6) is 0 Å². The molecule has 0 aliphatic heterocycles. The molecule has 0 bridgehead atoms. The van der Waals surface area contributed by atoms with Crippen LogP contribution in [-0.2, 0) is 0 Å². The van der Waals surface area contributed by atoms with Gasteiger partial charge in [-0.1, -0.05) is 71.3 Å². The van der Waals surface area contributed by atoms with E-state index in [0.717, 1.165) is 6.54 Å². The summed E-state index contributed by atoms with van der Waals surface area (Å²) in [5.41, 5.74) is 0. The molecule has 0 aromatic carbocycles. The van der Waals surface area contributed by atoms with Crippen molar-refractivity contribution in [3.05, 3.63) is 22.4 Å². The van der Waals surface area contributed by atoms with E-state index in [0.29, 0.717) is 6.04 Å². The molecule has 1 atom stereocenters. The molecule has 2 heteroatoms. The summed E-state index contributed by atoms with van der Waals surface area (Å²) < 4.78 is 0. The Morgan fingerprint density at radius 3 is 2.26 bits per heavy atom. The lowest BCUT2D eigenvalue weighted by atomic mass is 10.0. The summed E-state index contributed by atoms with van der Waals surface area (Å²) >= 11 is 1.89. The maximum absolute atomic E-state index is 3.61. The molecule has 0 aliphatic rings. The molecule has 0 fully saturated rings. The van der Waals surface area contributed by atoms with E-state index in [-0.39, 0.29) is 0 Å². The van der Waals surface area contributed by atoms with Gasteiger partial charge in [-0.25, -0.2) is 0 Å². The van der Waals surface area contributed by atoms with Crippen molar-refractivity contribution in [2.24, 2.45) is 0 Å². The Labute approximate surface area is 123 Å². The van der Waals surface area contributed by atoms with Crippen LogP contribution in [0.1, 0.15) is 82.6 Å². The van der Waals surface area contributed by atoms with E-state index in [4.69, 9.17) is 0 Å². The summed E-state index contributed by atoms with van der Waals surface area (Å²) in [7, 11) is 0. The molecule has 1 nitrogen and oxygen atoms in total. The Kier molecular flexibility index (Phi) is 10.1. The molecule has 0 saturated carbocycles. The topological polar surface area (TPSA) is 12.0 Å². The normalized spacial score (nSPS) is 12.7. The van der Waals surface area contributed by atoms with Crippen molar-refractivity contribution in [3.63, 3.8) is 0 Å². The molecule has 0 aliphatic carbocycles.